The second-order valence-corrected chi connectivity index (χ2v) is 9.77. The quantitative estimate of drug-likeness (QED) is 0.327. The molecule has 2 aliphatic rings. The summed E-state index contributed by atoms with van der Waals surface area (Å²) >= 11 is 2.16. The standard InChI is InChI=1S/C14H28O2S.C5H10.2CH3.Fe.H2O/c1-14(2,3)17-13-8-4-6-12(13)7-5-10-16-11-9-15;1-2-4-5-3-1;;;;/h12-13,15H,4-11H2,1-3H3;1-5H2;2*1H3;;1H2/q;;2*-1;+2;. The van der Waals surface area contributed by atoms with Crippen LogP contribution in [-0.4, -0.2) is 40.4 Å². The van der Waals surface area contributed by atoms with Crippen molar-refractivity contribution in [3.63, 3.8) is 0 Å². The van der Waals surface area contributed by atoms with Gasteiger partial charge in [0.2, 0.25) is 0 Å². The Kier molecular flexibility index (Phi) is 27.0. The SMILES string of the molecule is C1CCCC1.CC(C)(C)SC1CCCC1CCCOCCO.O.[CH3-].[CH3-].[Fe+2]. The summed E-state index contributed by atoms with van der Waals surface area (Å²) in [6.07, 6.45) is 14.1. The molecule has 0 aromatic carbocycles. The molecule has 0 aromatic heterocycles. The number of hydrogen-bond donors (Lipinski definition) is 1. The van der Waals surface area contributed by atoms with E-state index in [1.54, 1.807) is 0 Å². The summed E-state index contributed by atoms with van der Waals surface area (Å²) in [4.78, 5) is 0. The van der Waals surface area contributed by atoms with Gasteiger partial charge >= 0.3 is 17.1 Å². The van der Waals surface area contributed by atoms with Crippen molar-refractivity contribution in [3.05, 3.63) is 14.9 Å². The number of thioether (sulfide) groups is 1. The fourth-order valence-corrected chi connectivity index (χ4v) is 5.10. The van der Waals surface area contributed by atoms with Crippen LogP contribution in [0, 0.1) is 20.8 Å². The van der Waals surface area contributed by atoms with E-state index in [0.29, 0.717) is 11.4 Å². The number of ether oxygens (including phenoxy) is 1. The summed E-state index contributed by atoms with van der Waals surface area (Å²) in [6, 6.07) is 0. The predicted octanol–water partition coefficient (Wildman–Crippen LogP) is 5.50. The molecule has 0 amide bonds. The van der Waals surface area contributed by atoms with Crippen molar-refractivity contribution in [1.82, 2.24) is 0 Å². The van der Waals surface area contributed by atoms with Crippen molar-refractivity contribution in [2.75, 3.05) is 19.8 Å². The third kappa shape index (κ3) is 18.1. The molecule has 0 saturated heterocycles. The first-order chi connectivity index (χ1) is 10.5. The molecule has 5 heteroatoms. The molecule has 3 nitrogen and oxygen atoms in total. The second-order valence-electron chi connectivity index (χ2n) is 7.71. The fraction of sp³-hybridized carbons (Fsp3) is 0.905. The average Bonchev–Trinajstić information content (AvgIpc) is 3.12. The van der Waals surface area contributed by atoms with Crippen molar-refractivity contribution in [1.29, 1.82) is 0 Å². The van der Waals surface area contributed by atoms with Gasteiger partial charge in [0.1, 0.15) is 0 Å². The van der Waals surface area contributed by atoms with Crippen LogP contribution in [0.5, 0.6) is 0 Å². The molecule has 2 fully saturated rings. The van der Waals surface area contributed by atoms with Gasteiger partial charge in [0.05, 0.1) is 13.2 Å². The number of aliphatic hydroxyl groups excluding tert-OH is 1. The zero-order valence-corrected chi connectivity index (χ0v) is 19.9. The van der Waals surface area contributed by atoms with Crippen molar-refractivity contribution >= 4 is 11.8 Å². The zero-order valence-electron chi connectivity index (χ0n) is 18.0. The summed E-state index contributed by atoms with van der Waals surface area (Å²) in [7, 11) is 0. The molecule has 0 spiro atoms. The van der Waals surface area contributed by atoms with Gasteiger partial charge in [0.25, 0.3) is 0 Å². The molecule has 2 atom stereocenters. The Labute approximate surface area is 179 Å². The molecule has 0 aliphatic heterocycles. The third-order valence-corrected chi connectivity index (χ3v) is 6.07. The van der Waals surface area contributed by atoms with Gasteiger partial charge in [-0.05, 0) is 31.6 Å². The topological polar surface area (TPSA) is 61.0 Å². The van der Waals surface area contributed by atoms with E-state index < -0.39 is 0 Å². The minimum absolute atomic E-state index is 0. The van der Waals surface area contributed by atoms with Crippen LogP contribution in [-0.2, 0) is 21.8 Å². The van der Waals surface area contributed by atoms with Crippen molar-refractivity contribution in [2.45, 2.75) is 95.0 Å². The van der Waals surface area contributed by atoms with Crippen LogP contribution < -0.4 is 0 Å². The summed E-state index contributed by atoms with van der Waals surface area (Å²) in [5.74, 6) is 0.886. The van der Waals surface area contributed by atoms with Crippen molar-refractivity contribution < 1.29 is 32.4 Å². The Balaban J connectivity index is -0.000000234. The van der Waals surface area contributed by atoms with E-state index in [2.05, 4.69) is 32.5 Å². The molecule has 0 aromatic rings. The van der Waals surface area contributed by atoms with E-state index in [1.807, 2.05) is 0 Å². The molecular weight excluding hydrogens is 388 g/mol. The third-order valence-electron chi connectivity index (χ3n) is 4.44. The van der Waals surface area contributed by atoms with Crippen LogP contribution >= 0.6 is 11.8 Å². The van der Waals surface area contributed by atoms with Crippen LogP contribution in [0.25, 0.3) is 0 Å². The molecule has 2 rings (SSSR count). The molecule has 26 heavy (non-hydrogen) atoms. The van der Waals surface area contributed by atoms with Gasteiger partial charge in [0.15, 0.2) is 0 Å². The Bertz CT molecular complexity index is 261. The summed E-state index contributed by atoms with van der Waals surface area (Å²) in [6.45, 7) is 8.40. The van der Waals surface area contributed by atoms with Gasteiger partial charge in [-0.2, -0.15) is 11.8 Å². The maximum atomic E-state index is 8.62. The first-order valence-electron chi connectivity index (χ1n) is 9.39. The van der Waals surface area contributed by atoms with E-state index >= 15 is 0 Å². The minimum atomic E-state index is 0. The smallest absolute Gasteiger partial charge is 0.412 e. The summed E-state index contributed by atoms with van der Waals surface area (Å²) in [5, 5.41) is 9.47. The number of rotatable bonds is 7. The molecule has 2 unspecified atom stereocenters. The van der Waals surface area contributed by atoms with E-state index in [4.69, 9.17) is 9.84 Å². The van der Waals surface area contributed by atoms with Crippen LogP contribution in [0.4, 0.5) is 0 Å². The van der Waals surface area contributed by atoms with Gasteiger partial charge in [-0.3, -0.25) is 0 Å². The predicted molar refractivity (Wildman–Crippen MR) is 115 cm³/mol. The molecular formula is C21H46FeO3S. The summed E-state index contributed by atoms with van der Waals surface area (Å²) < 4.78 is 5.71. The molecule has 0 heterocycles. The fourth-order valence-electron chi connectivity index (χ4n) is 3.44. The Morgan fingerprint density at radius 2 is 1.46 bits per heavy atom. The molecule has 2 saturated carbocycles. The largest absolute Gasteiger partial charge is 2.00 e. The Morgan fingerprint density at radius 3 is 1.92 bits per heavy atom. The molecule has 3 N–H and O–H groups in total. The van der Waals surface area contributed by atoms with E-state index in [0.717, 1.165) is 24.2 Å². The minimum Gasteiger partial charge on any atom is -0.412 e. The maximum Gasteiger partial charge on any atom is 2.00 e. The normalized spacial score (nSPS) is 21.2. The Morgan fingerprint density at radius 1 is 0.923 bits per heavy atom. The van der Waals surface area contributed by atoms with Crippen LogP contribution in [0.15, 0.2) is 0 Å². The van der Waals surface area contributed by atoms with Gasteiger partial charge in [-0.15, -0.1) is 0 Å². The summed E-state index contributed by atoms with van der Waals surface area (Å²) in [5.41, 5.74) is 0. The average molecular weight is 435 g/mol. The molecule has 0 bridgehead atoms. The Hall–Kier alpha value is 0.749. The first-order valence-corrected chi connectivity index (χ1v) is 10.3. The number of hydrogen-bond acceptors (Lipinski definition) is 3. The van der Waals surface area contributed by atoms with Gasteiger partial charge in [0, 0.05) is 16.6 Å². The van der Waals surface area contributed by atoms with Crippen LogP contribution in [0.3, 0.4) is 0 Å². The van der Waals surface area contributed by atoms with Gasteiger partial charge < -0.3 is 30.2 Å². The molecule has 162 valence electrons. The van der Waals surface area contributed by atoms with E-state index in [-0.39, 0.29) is 44.0 Å². The monoisotopic (exact) mass is 434 g/mol. The van der Waals surface area contributed by atoms with Gasteiger partial charge in [-0.25, -0.2) is 0 Å². The van der Waals surface area contributed by atoms with Crippen molar-refractivity contribution in [2.24, 2.45) is 5.92 Å². The molecule has 0 radical (unpaired) electrons. The zero-order chi connectivity index (χ0) is 16.3. The first kappa shape index (κ1) is 34.3. The van der Waals surface area contributed by atoms with Crippen molar-refractivity contribution in [3.8, 4) is 0 Å². The van der Waals surface area contributed by atoms with E-state index in [1.165, 1.54) is 57.8 Å². The molecule has 2 aliphatic carbocycles. The second kappa shape index (κ2) is 20.5. The number of aliphatic hydroxyl groups is 1. The van der Waals surface area contributed by atoms with Gasteiger partial charge in [-0.1, -0.05) is 59.3 Å². The maximum absolute atomic E-state index is 8.62. The van der Waals surface area contributed by atoms with Crippen LogP contribution in [0.1, 0.15) is 85.0 Å². The van der Waals surface area contributed by atoms with E-state index in [9.17, 15) is 0 Å². The van der Waals surface area contributed by atoms with Crippen LogP contribution in [0.2, 0.25) is 0 Å².